The summed E-state index contributed by atoms with van der Waals surface area (Å²) in [7, 11) is 0. The Morgan fingerprint density at radius 3 is 2.80 bits per heavy atom. The van der Waals surface area contributed by atoms with E-state index in [1.165, 1.54) is 17.7 Å². The SMILES string of the molecule is O=C(N[S+]([O-])c1cccc2c1CCCC2)c1cc2c(F)cc(N3CC(F)C3)cc2o1. The normalized spacial score (nSPS) is 17.5. The second kappa shape index (κ2) is 7.59. The van der Waals surface area contributed by atoms with Gasteiger partial charge in [-0.15, -0.1) is 0 Å². The summed E-state index contributed by atoms with van der Waals surface area (Å²) >= 11 is -1.74. The smallest absolute Gasteiger partial charge is 0.328 e. The van der Waals surface area contributed by atoms with Crippen LogP contribution in [0.5, 0.6) is 0 Å². The largest absolute Gasteiger partial charge is 0.588 e. The molecule has 2 heterocycles. The van der Waals surface area contributed by atoms with E-state index in [4.69, 9.17) is 4.42 Å². The average molecular weight is 430 g/mol. The Hall–Kier alpha value is -2.58. The highest BCUT2D eigenvalue weighted by Crippen LogP contribution is 2.31. The summed E-state index contributed by atoms with van der Waals surface area (Å²) in [5.41, 5.74) is 2.90. The van der Waals surface area contributed by atoms with Gasteiger partial charge in [0.05, 0.1) is 18.5 Å². The number of anilines is 1. The third-order valence-electron chi connectivity index (χ3n) is 5.74. The number of hydrogen-bond acceptors (Lipinski definition) is 4. The lowest BCUT2D eigenvalue weighted by Crippen LogP contribution is -2.48. The van der Waals surface area contributed by atoms with Crippen LogP contribution in [0, 0.1) is 5.82 Å². The van der Waals surface area contributed by atoms with Crippen LogP contribution in [0.3, 0.4) is 0 Å². The number of aryl methyl sites for hydroxylation is 1. The van der Waals surface area contributed by atoms with Crippen LogP contribution in [0.15, 0.2) is 45.7 Å². The van der Waals surface area contributed by atoms with E-state index in [1.54, 1.807) is 17.0 Å². The second-order valence-corrected chi connectivity index (χ2v) is 8.93. The minimum absolute atomic E-state index is 0.119. The lowest BCUT2D eigenvalue weighted by molar-refractivity contribution is 0.0956. The fourth-order valence-corrected chi connectivity index (χ4v) is 5.16. The molecule has 1 amide bonds. The minimum atomic E-state index is -1.74. The highest BCUT2D eigenvalue weighted by Gasteiger charge is 2.29. The van der Waals surface area contributed by atoms with Crippen molar-refractivity contribution >= 4 is 33.9 Å². The molecular formula is C22H20F2N2O3S. The highest BCUT2D eigenvalue weighted by molar-refractivity contribution is 7.90. The summed E-state index contributed by atoms with van der Waals surface area (Å²) in [4.78, 5) is 14.9. The van der Waals surface area contributed by atoms with Crippen molar-refractivity contribution in [2.45, 2.75) is 36.8 Å². The molecule has 8 heteroatoms. The first kappa shape index (κ1) is 19.4. The molecule has 1 saturated heterocycles. The van der Waals surface area contributed by atoms with Crippen LogP contribution in [0.1, 0.15) is 34.5 Å². The molecule has 0 saturated carbocycles. The van der Waals surface area contributed by atoms with Crippen molar-refractivity contribution < 1.29 is 22.5 Å². The van der Waals surface area contributed by atoms with E-state index < -0.39 is 29.3 Å². The van der Waals surface area contributed by atoms with E-state index in [0.29, 0.717) is 10.6 Å². The summed E-state index contributed by atoms with van der Waals surface area (Å²) in [5, 5.41) is 0.157. The van der Waals surface area contributed by atoms with Gasteiger partial charge in [-0.3, -0.25) is 4.79 Å². The molecule has 2 aromatic carbocycles. The Kier molecular flexibility index (Phi) is 4.91. The Morgan fingerprint density at radius 1 is 1.20 bits per heavy atom. The van der Waals surface area contributed by atoms with Crippen LogP contribution < -0.4 is 9.62 Å². The van der Waals surface area contributed by atoms with Crippen molar-refractivity contribution in [2.24, 2.45) is 0 Å². The lowest BCUT2D eigenvalue weighted by Gasteiger charge is -2.36. The highest BCUT2D eigenvalue weighted by atomic mass is 32.2. The molecule has 1 atom stereocenters. The van der Waals surface area contributed by atoms with E-state index in [-0.39, 0.29) is 29.8 Å². The van der Waals surface area contributed by atoms with Gasteiger partial charge in [0, 0.05) is 23.4 Å². The number of carbonyl (C=O) groups is 1. The van der Waals surface area contributed by atoms with Gasteiger partial charge >= 0.3 is 5.91 Å². The number of nitrogens with zero attached hydrogens (tertiary/aromatic N) is 1. The maximum atomic E-state index is 14.5. The van der Waals surface area contributed by atoms with Gasteiger partial charge in [0.15, 0.2) is 10.7 Å². The summed E-state index contributed by atoms with van der Waals surface area (Å²) in [6.07, 6.45) is 2.99. The van der Waals surface area contributed by atoms with E-state index >= 15 is 0 Å². The Balaban J connectivity index is 1.38. The Morgan fingerprint density at radius 2 is 2.00 bits per heavy atom. The molecular weight excluding hydrogens is 410 g/mol. The summed E-state index contributed by atoms with van der Waals surface area (Å²) in [5.74, 6) is -1.34. The van der Waals surface area contributed by atoms with Crippen LogP contribution in [-0.2, 0) is 24.2 Å². The number of fused-ring (bicyclic) bond motifs is 2. The fraction of sp³-hybridized carbons (Fsp3) is 0.318. The lowest BCUT2D eigenvalue weighted by atomic mass is 9.92. The fourth-order valence-electron chi connectivity index (χ4n) is 4.12. The van der Waals surface area contributed by atoms with Crippen molar-refractivity contribution in [1.82, 2.24) is 4.72 Å². The summed E-state index contributed by atoms with van der Waals surface area (Å²) in [6.45, 7) is 0.415. The Bertz CT molecular complexity index is 1130. The molecule has 5 nitrogen and oxygen atoms in total. The average Bonchev–Trinajstić information content (AvgIpc) is 3.16. The number of halogens is 2. The number of carbonyl (C=O) groups excluding carboxylic acids is 1. The molecule has 1 aromatic heterocycles. The van der Waals surface area contributed by atoms with E-state index in [1.807, 2.05) is 12.1 Å². The summed E-state index contributed by atoms with van der Waals surface area (Å²) < 4.78 is 48.4. The van der Waals surface area contributed by atoms with Crippen molar-refractivity contribution in [1.29, 1.82) is 0 Å². The van der Waals surface area contributed by atoms with Crippen LogP contribution in [0.2, 0.25) is 0 Å². The zero-order valence-electron chi connectivity index (χ0n) is 16.1. The standard InChI is InChI=1S/C22H20F2N2O3S/c23-14-11-26(12-14)15-8-18(24)17-10-20(29-19(17)9-15)22(27)25-30(28)21-7-3-5-13-4-1-2-6-16(13)21/h3,5,7-10,14H,1-2,4,6,11-12H2,(H,25,27). The van der Waals surface area contributed by atoms with E-state index in [2.05, 4.69) is 4.72 Å². The third-order valence-corrected chi connectivity index (χ3v) is 6.89. The number of nitrogens with one attached hydrogen (secondary N) is 1. The quantitative estimate of drug-likeness (QED) is 0.634. The first-order valence-corrected chi connectivity index (χ1v) is 11.1. The van der Waals surface area contributed by atoms with E-state index in [9.17, 15) is 18.1 Å². The van der Waals surface area contributed by atoms with Crippen molar-refractivity contribution in [3.8, 4) is 0 Å². The monoisotopic (exact) mass is 430 g/mol. The number of amides is 1. The van der Waals surface area contributed by atoms with Crippen molar-refractivity contribution in [3.63, 3.8) is 0 Å². The third kappa shape index (κ3) is 3.44. The molecule has 0 bridgehead atoms. The number of rotatable bonds is 4. The zero-order chi connectivity index (χ0) is 20.8. The zero-order valence-corrected chi connectivity index (χ0v) is 16.9. The molecule has 1 N–H and O–H groups in total. The molecule has 1 aliphatic heterocycles. The first-order chi connectivity index (χ1) is 14.5. The Labute approximate surface area is 175 Å². The molecule has 2 aliphatic rings. The molecule has 1 unspecified atom stereocenters. The van der Waals surface area contributed by atoms with Crippen LogP contribution in [0.25, 0.3) is 11.0 Å². The van der Waals surface area contributed by atoms with Gasteiger partial charge in [0.25, 0.3) is 0 Å². The predicted octanol–water partition coefficient (Wildman–Crippen LogP) is 4.06. The number of hydrogen-bond donors (Lipinski definition) is 1. The van der Waals surface area contributed by atoms with E-state index in [0.717, 1.165) is 31.2 Å². The maximum Gasteiger partial charge on any atom is 0.328 e. The van der Waals surface area contributed by atoms with Gasteiger partial charge in [-0.05, 0) is 43.4 Å². The molecule has 1 aliphatic carbocycles. The van der Waals surface area contributed by atoms with Crippen molar-refractivity contribution in [3.05, 3.63) is 59.1 Å². The van der Waals surface area contributed by atoms with Crippen LogP contribution >= 0.6 is 0 Å². The first-order valence-electron chi connectivity index (χ1n) is 9.95. The molecule has 0 spiro atoms. The molecule has 5 rings (SSSR count). The number of furan rings is 1. The van der Waals surface area contributed by atoms with Crippen LogP contribution in [0.4, 0.5) is 14.5 Å². The van der Waals surface area contributed by atoms with Gasteiger partial charge in [-0.1, -0.05) is 12.1 Å². The maximum absolute atomic E-state index is 14.5. The molecule has 1 fully saturated rings. The predicted molar refractivity (Wildman–Crippen MR) is 110 cm³/mol. The van der Waals surface area contributed by atoms with Gasteiger partial charge in [-0.2, -0.15) is 4.72 Å². The van der Waals surface area contributed by atoms with Gasteiger partial charge in [0.2, 0.25) is 0 Å². The molecule has 3 aromatic rings. The molecule has 30 heavy (non-hydrogen) atoms. The second-order valence-electron chi connectivity index (χ2n) is 7.75. The molecule has 0 radical (unpaired) electrons. The van der Waals surface area contributed by atoms with Crippen molar-refractivity contribution in [2.75, 3.05) is 18.0 Å². The van der Waals surface area contributed by atoms with Crippen LogP contribution in [-0.4, -0.2) is 29.7 Å². The van der Waals surface area contributed by atoms with Gasteiger partial charge in [0.1, 0.15) is 28.9 Å². The number of benzene rings is 2. The topological polar surface area (TPSA) is 68.5 Å². The number of alkyl halides is 1. The molecule has 156 valence electrons. The van der Waals surface area contributed by atoms with Gasteiger partial charge < -0.3 is 13.9 Å². The van der Waals surface area contributed by atoms with Gasteiger partial charge in [-0.25, -0.2) is 8.78 Å². The summed E-state index contributed by atoms with van der Waals surface area (Å²) in [6, 6.07) is 9.83. The minimum Gasteiger partial charge on any atom is -0.588 e.